The minimum atomic E-state index is 0.0949. The summed E-state index contributed by atoms with van der Waals surface area (Å²) in [7, 11) is 4.03. The predicted octanol–water partition coefficient (Wildman–Crippen LogP) is 0.847. The van der Waals surface area contributed by atoms with E-state index in [-0.39, 0.29) is 6.04 Å². The van der Waals surface area contributed by atoms with Crippen molar-refractivity contribution in [2.24, 2.45) is 5.92 Å². The topological polar surface area (TPSA) is 23.6 Å². The van der Waals surface area contributed by atoms with Crippen molar-refractivity contribution in [3.63, 3.8) is 0 Å². The van der Waals surface area contributed by atoms with E-state index in [1.54, 1.807) is 0 Å². The molecule has 1 unspecified atom stereocenters. The largest absolute Gasteiger partial charge is 0.307 e. The normalized spacial score (nSPS) is 22.6. The molecule has 0 aliphatic carbocycles. The Morgan fingerprint density at radius 1 is 1.43 bits per heavy atom. The second kappa shape index (κ2) is 5.47. The van der Waals surface area contributed by atoms with E-state index < -0.39 is 0 Å². The summed E-state index contributed by atoms with van der Waals surface area (Å²) in [5.74, 6) is 0.831. The Bertz CT molecular complexity index is 174. The highest BCUT2D eigenvalue weighted by Crippen LogP contribution is 2.17. The molecule has 0 aromatic heterocycles. The van der Waals surface area contributed by atoms with Crippen molar-refractivity contribution in [3.8, 4) is 0 Å². The van der Waals surface area contributed by atoms with Crippen molar-refractivity contribution in [1.82, 2.24) is 9.80 Å². The van der Waals surface area contributed by atoms with E-state index in [1.807, 2.05) is 14.1 Å². The van der Waals surface area contributed by atoms with Crippen molar-refractivity contribution >= 4 is 6.29 Å². The molecule has 0 radical (unpaired) electrons. The van der Waals surface area contributed by atoms with Crippen molar-refractivity contribution < 1.29 is 4.79 Å². The molecule has 14 heavy (non-hydrogen) atoms. The van der Waals surface area contributed by atoms with E-state index in [0.29, 0.717) is 0 Å². The average Bonchev–Trinajstić information content (AvgIpc) is 2.15. The van der Waals surface area contributed by atoms with Gasteiger partial charge in [-0.1, -0.05) is 6.92 Å². The molecule has 1 fully saturated rings. The van der Waals surface area contributed by atoms with Gasteiger partial charge in [0.15, 0.2) is 0 Å². The molecular formula is C11H22N2O. The Hall–Kier alpha value is -0.410. The van der Waals surface area contributed by atoms with Crippen LogP contribution in [0.4, 0.5) is 0 Å². The molecule has 0 aromatic rings. The van der Waals surface area contributed by atoms with E-state index in [2.05, 4.69) is 16.7 Å². The molecule has 3 heteroatoms. The van der Waals surface area contributed by atoms with Crippen LogP contribution in [0.2, 0.25) is 0 Å². The SMILES string of the molecule is CC1CCN(C(C=O)CN(C)C)CC1. The Morgan fingerprint density at radius 3 is 2.43 bits per heavy atom. The maximum atomic E-state index is 11.0. The fraction of sp³-hybridized carbons (Fsp3) is 0.909. The minimum absolute atomic E-state index is 0.0949. The first kappa shape index (κ1) is 11.7. The highest BCUT2D eigenvalue weighted by molar-refractivity contribution is 5.58. The molecule has 0 spiro atoms. The molecule has 1 rings (SSSR count). The molecule has 1 aliphatic rings. The molecule has 3 nitrogen and oxygen atoms in total. The van der Waals surface area contributed by atoms with Gasteiger partial charge in [-0.25, -0.2) is 0 Å². The van der Waals surface area contributed by atoms with Crippen LogP contribution in [0.5, 0.6) is 0 Å². The zero-order chi connectivity index (χ0) is 10.6. The van der Waals surface area contributed by atoms with Crippen LogP contribution >= 0.6 is 0 Å². The number of carbonyl (C=O) groups is 1. The summed E-state index contributed by atoms with van der Waals surface area (Å²) >= 11 is 0. The summed E-state index contributed by atoms with van der Waals surface area (Å²) < 4.78 is 0. The zero-order valence-electron chi connectivity index (χ0n) is 9.57. The fourth-order valence-corrected chi connectivity index (χ4v) is 1.98. The van der Waals surface area contributed by atoms with Crippen molar-refractivity contribution in [2.75, 3.05) is 33.7 Å². The summed E-state index contributed by atoms with van der Waals surface area (Å²) in [6.45, 7) is 5.30. The van der Waals surface area contributed by atoms with Crippen LogP contribution in [0.25, 0.3) is 0 Å². The van der Waals surface area contributed by atoms with Crippen LogP contribution < -0.4 is 0 Å². The molecule has 82 valence electrons. The van der Waals surface area contributed by atoms with Gasteiger partial charge in [0.2, 0.25) is 0 Å². The third kappa shape index (κ3) is 3.39. The maximum Gasteiger partial charge on any atom is 0.138 e. The van der Waals surface area contributed by atoms with Crippen LogP contribution in [-0.4, -0.2) is 55.9 Å². The molecule has 0 bridgehead atoms. The Kier molecular flexibility index (Phi) is 4.55. The van der Waals surface area contributed by atoms with Crippen LogP contribution in [0.3, 0.4) is 0 Å². The second-order valence-corrected chi connectivity index (χ2v) is 4.68. The van der Waals surface area contributed by atoms with Gasteiger partial charge in [-0.15, -0.1) is 0 Å². The number of hydrogen-bond donors (Lipinski definition) is 0. The summed E-state index contributed by atoms with van der Waals surface area (Å²) in [6, 6.07) is 0.0949. The molecule has 0 aromatic carbocycles. The Labute approximate surface area is 87.1 Å². The van der Waals surface area contributed by atoms with Gasteiger partial charge in [0, 0.05) is 6.54 Å². The molecule has 1 aliphatic heterocycles. The standard InChI is InChI=1S/C11H22N2O/c1-10-4-6-13(7-5-10)11(9-14)8-12(2)3/h9-11H,4-8H2,1-3H3. The summed E-state index contributed by atoms with van der Waals surface area (Å²) in [5, 5.41) is 0. The van der Waals surface area contributed by atoms with Gasteiger partial charge in [-0.05, 0) is 45.9 Å². The lowest BCUT2D eigenvalue weighted by Crippen LogP contribution is -2.46. The highest BCUT2D eigenvalue weighted by Gasteiger charge is 2.22. The van der Waals surface area contributed by atoms with E-state index in [4.69, 9.17) is 0 Å². The van der Waals surface area contributed by atoms with Gasteiger partial charge in [-0.3, -0.25) is 4.90 Å². The maximum absolute atomic E-state index is 11.0. The number of likely N-dealkylation sites (N-methyl/N-ethyl adjacent to an activating group) is 1. The lowest BCUT2D eigenvalue weighted by atomic mass is 9.98. The van der Waals surface area contributed by atoms with Gasteiger partial charge in [0.1, 0.15) is 6.29 Å². The smallest absolute Gasteiger partial charge is 0.138 e. The lowest BCUT2D eigenvalue weighted by Gasteiger charge is -2.35. The molecule has 1 saturated heterocycles. The van der Waals surface area contributed by atoms with Gasteiger partial charge < -0.3 is 9.69 Å². The Morgan fingerprint density at radius 2 is 2.00 bits per heavy atom. The third-order valence-corrected chi connectivity index (χ3v) is 3.00. The molecule has 1 atom stereocenters. The second-order valence-electron chi connectivity index (χ2n) is 4.68. The quantitative estimate of drug-likeness (QED) is 0.626. The van der Waals surface area contributed by atoms with Gasteiger partial charge in [0.25, 0.3) is 0 Å². The molecule has 0 N–H and O–H groups in total. The van der Waals surface area contributed by atoms with Gasteiger partial charge >= 0.3 is 0 Å². The van der Waals surface area contributed by atoms with Gasteiger partial charge in [0.05, 0.1) is 6.04 Å². The molecule has 0 amide bonds. The van der Waals surface area contributed by atoms with Crippen molar-refractivity contribution in [3.05, 3.63) is 0 Å². The predicted molar refractivity (Wildman–Crippen MR) is 58.4 cm³/mol. The minimum Gasteiger partial charge on any atom is -0.307 e. The fourth-order valence-electron chi connectivity index (χ4n) is 1.98. The summed E-state index contributed by atoms with van der Waals surface area (Å²) in [5.41, 5.74) is 0. The van der Waals surface area contributed by atoms with E-state index in [0.717, 1.165) is 31.8 Å². The number of piperidine rings is 1. The van der Waals surface area contributed by atoms with Crippen LogP contribution in [-0.2, 0) is 4.79 Å². The first-order chi connectivity index (χ1) is 6.63. The van der Waals surface area contributed by atoms with Crippen LogP contribution in [0, 0.1) is 5.92 Å². The highest BCUT2D eigenvalue weighted by atomic mass is 16.1. The van der Waals surface area contributed by atoms with Crippen molar-refractivity contribution in [2.45, 2.75) is 25.8 Å². The molecular weight excluding hydrogens is 176 g/mol. The van der Waals surface area contributed by atoms with Crippen LogP contribution in [0.15, 0.2) is 0 Å². The molecule has 1 heterocycles. The number of likely N-dealkylation sites (tertiary alicyclic amines) is 1. The van der Waals surface area contributed by atoms with Crippen LogP contribution in [0.1, 0.15) is 19.8 Å². The zero-order valence-corrected chi connectivity index (χ0v) is 9.57. The van der Waals surface area contributed by atoms with Crippen molar-refractivity contribution in [1.29, 1.82) is 0 Å². The number of nitrogens with zero attached hydrogens (tertiary/aromatic N) is 2. The van der Waals surface area contributed by atoms with E-state index in [1.165, 1.54) is 12.8 Å². The molecule has 0 saturated carbocycles. The van der Waals surface area contributed by atoms with E-state index in [9.17, 15) is 4.79 Å². The van der Waals surface area contributed by atoms with Gasteiger partial charge in [-0.2, -0.15) is 0 Å². The summed E-state index contributed by atoms with van der Waals surface area (Å²) in [4.78, 5) is 15.3. The Balaban J connectivity index is 2.40. The first-order valence-corrected chi connectivity index (χ1v) is 5.47. The third-order valence-electron chi connectivity index (χ3n) is 3.00. The lowest BCUT2D eigenvalue weighted by molar-refractivity contribution is -0.113. The first-order valence-electron chi connectivity index (χ1n) is 5.47. The number of carbonyl (C=O) groups excluding carboxylic acids is 1. The van der Waals surface area contributed by atoms with E-state index >= 15 is 0 Å². The average molecular weight is 198 g/mol. The number of rotatable bonds is 4. The summed E-state index contributed by atoms with van der Waals surface area (Å²) in [6.07, 6.45) is 3.56. The number of hydrogen-bond acceptors (Lipinski definition) is 3. The monoisotopic (exact) mass is 198 g/mol. The number of aldehydes is 1.